The summed E-state index contributed by atoms with van der Waals surface area (Å²) in [5, 5.41) is 5.24. The molecule has 5 heteroatoms. The van der Waals surface area contributed by atoms with Crippen molar-refractivity contribution in [1.29, 1.82) is 0 Å². The van der Waals surface area contributed by atoms with Gasteiger partial charge in [-0.3, -0.25) is 5.32 Å². The number of amides is 1. The maximum Gasteiger partial charge on any atom is 0.408 e. The van der Waals surface area contributed by atoms with Gasteiger partial charge in [0.05, 0.1) is 12.7 Å². The van der Waals surface area contributed by atoms with Crippen molar-refractivity contribution >= 4 is 12.4 Å². The predicted molar refractivity (Wildman–Crippen MR) is 52.9 cm³/mol. The Morgan fingerprint density at radius 3 is 2.50 bits per heavy atom. The van der Waals surface area contributed by atoms with Gasteiger partial charge in [0.15, 0.2) is 0 Å². The summed E-state index contributed by atoms with van der Waals surface area (Å²) in [4.78, 5) is 21.3. The number of carbonyl (C=O) groups excluding carboxylic acids is 2. The van der Waals surface area contributed by atoms with Crippen LogP contribution in [0.2, 0.25) is 0 Å². The van der Waals surface area contributed by atoms with Crippen LogP contribution in [0.15, 0.2) is 0 Å². The van der Waals surface area contributed by atoms with E-state index in [-0.39, 0.29) is 12.7 Å². The average molecular weight is 202 g/mol. The van der Waals surface area contributed by atoms with Gasteiger partial charge in [-0.15, -0.1) is 0 Å². The maximum absolute atomic E-state index is 11.1. The molecule has 0 bridgehead atoms. The fourth-order valence-electron chi connectivity index (χ4n) is 0.646. The van der Waals surface area contributed by atoms with Crippen LogP contribution in [0.1, 0.15) is 27.7 Å². The molecule has 0 aromatic rings. The molecule has 0 aromatic heterocycles. The monoisotopic (exact) mass is 202 g/mol. The summed E-state index contributed by atoms with van der Waals surface area (Å²) in [5.41, 5.74) is -0.500. The first-order chi connectivity index (χ1) is 6.35. The molecule has 0 aliphatic heterocycles. The van der Waals surface area contributed by atoms with Gasteiger partial charge in [0.1, 0.15) is 11.9 Å². The van der Waals surface area contributed by atoms with Crippen molar-refractivity contribution in [2.75, 3.05) is 6.67 Å². The van der Waals surface area contributed by atoms with Gasteiger partial charge in [-0.05, 0) is 27.7 Å². The third-order valence-electron chi connectivity index (χ3n) is 1.26. The Kier molecular flexibility index (Phi) is 5.15. The third kappa shape index (κ3) is 7.54. The molecule has 0 aliphatic carbocycles. The highest BCUT2D eigenvalue weighted by molar-refractivity contribution is 5.67. The lowest BCUT2D eigenvalue weighted by atomic mass is 10.2. The molecule has 0 unspecified atom stereocenters. The van der Waals surface area contributed by atoms with Crippen LogP contribution in [-0.4, -0.2) is 30.7 Å². The van der Waals surface area contributed by atoms with Crippen molar-refractivity contribution in [3.05, 3.63) is 0 Å². The topological polar surface area (TPSA) is 67.4 Å². The van der Waals surface area contributed by atoms with E-state index in [1.165, 1.54) is 0 Å². The molecular weight excluding hydrogens is 184 g/mol. The molecule has 0 aliphatic rings. The molecule has 0 saturated carbocycles. The zero-order valence-electron chi connectivity index (χ0n) is 9.09. The van der Waals surface area contributed by atoms with Crippen molar-refractivity contribution in [1.82, 2.24) is 10.6 Å². The number of carbonyl (C=O) groups is 2. The first-order valence-corrected chi connectivity index (χ1v) is 4.50. The Morgan fingerprint density at radius 2 is 2.07 bits per heavy atom. The normalized spacial score (nSPS) is 13.1. The summed E-state index contributed by atoms with van der Waals surface area (Å²) in [6.45, 7) is 7.27. The number of hydrogen-bond acceptors (Lipinski definition) is 4. The molecule has 0 fully saturated rings. The second kappa shape index (κ2) is 5.59. The zero-order valence-corrected chi connectivity index (χ0v) is 9.09. The zero-order chi connectivity index (χ0) is 11.2. The summed E-state index contributed by atoms with van der Waals surface area (Å²) in [6, 6.07) is -0.273. The predicted octanol–water partition coefficient (Wildman–Crippen LogP) is 0.646. The molecule has 0 saturated heterocycles. The molecule has 0 heterocycles. The van der Waals surface area contributed by atoms with E-state index in [0.717, 1.165) is 6.29 Å². The lowest BCUT2D eigenvalue weighted by Crippen LogP contribution is -2.41. The molecule has 0 aromatic carbocycles. The second-order valence-corrected chi connectivity index (χ2v) is 3.98. The van der Waals surface area contributed by atoms with Crippen LogP contribution >= 0.6 is 0 Å². The molecule has 0 radical (unpaired) electrons. The summed E-state index contributed by atoms with van der Waals surface area (Å²) in [5.74, 6) is 0. The van der Waals surface area contributed by atoms with E-state index in [2.05, 4.69) is 10.6 Å². The number of alkyl carbamates (subject to hydrolysis) is 1. The van der Waals surface area contributed by atoms with Crippen molar-refractivity contribution in [3.8, 4) is 0 Å². The molecule has 1 amide bonds. The smallest absolute Gasteiger partial charge is 0.408 e. The van der Waals surface area contributed by atoms with Crippen LogP contribution in [0.5, 0.6) is 0 Å². The minimum atomic E-state index is -0.500. The minimum absolute atomic E-state index is 0.217. The van der Waals surface area contributed by atoms with Crippen molar-refractivity contribution < 1.29 is 14.3 Å². The number of aldehydes is 1. The van der Waals surface area contributed by atoms with Gasteiger partial charge in [0.25, 0.3) is 0 Å². The van der Waals surface area contributed by atoms with Gasteiger partial charge < -0.3 is 14.8 Å². The molecule has 0 spiro atoms. The van der Waals surface area contributed by atoms with Crippen LogP contribution in [0.25, 0.3) is 0 Å². The van der Waals surface area contributed by atoms with Crippen LogP contribution in [-0.2, 0) is 9.53 Å². The largest absolute Gasteiger partial charge is 0.444 e. The Morgan fingerprint density at radius 1 is 1.50 bits per heavy atom. The molecule has 82 valence electrons. The van der Waals surface area contributed by atoms with Crippen molar-refractivity contribution in [2.24, 2.45) is 0 Å². The average Bonchev–Trinajstić information content (AvgIpc) is 2.00. The highest BCUT2D eigenvalue weighted by Gasteiger charge is 2.15. The fraction of sp³-hybridized carbons (Fsp3) is 0.778. The van der Waals surface area contributed by atoms with E-state index in [1.54, 1.807) is 27.7 Å². The number of ether oxygens (including phenoxy) is 1. The summed E-state index contributed by atoms with van der Waals surface area (Å²) in [6.07, 6.45) is 0.264. The molecule has 14 heavy (non-hydrogen) atoms. The fourth-order valence-corrected chi connectivity index (χ4v) is 0.646. The lowest BCUT2D eigenvalue weighted by Gasteiger charge is -2.20. The maximum atomic E-state index is 11.1. The third-order valence-corrected chi connectivity index (χ3v) is 1.26. The van der Waals surface area contributed by atoms with Gasteiger partial charge in [-0.1, -0.05) is 0 Å². The summed E-state index contributed by atoms with van der Waals surface area (Å²) in [7, 11) is 0. The standard InChI is InChI=1S/C9H18N2O3/c1-7(5-12)10-6-11-8(13)14-9(2,3)4/h5,7,10H,6H2,1-4H3,(H,11,13)/t7-/m0/s1. The van der Waals surface area contributed by atoms with Gasteiger partial charge in [0.2, 0.25) is 0 Å². The van der Waals surface area contributed by atoms with E-state index in [4.69, 9.17) is 4.74 Å². The van der Waals surface area contributed by atoms with Gasteiger partial charge >= 0.3 is 6.09 Å². The first kappa shape index (κ1) is 12.9. The van der Waals surface area contributed by atoms with Crippen molar-refractivity contribution in [2.45, 2.75) is 39.3 Å². The Hall–Kier alpha value is -1.10. The van der Waals surface area contributed by atoms with E-state index in [1.807, 2.05) is 0 Å². The molecule has 0 rings (SSSR count). The van der Waals surface area contributed by atoms with Gasteiger partial charge in [-0.2, -0.15) is 0 Å². The quantitative estimate of drug-likeness (QED) is 0.518. The van der Waals surface area contributed by atoms with E-state index >= 15 is 0 Å². The molecular formula is C9H18N2O3. The highest BCUT2D eigenvalue weighted by Crippen LogP contribution is 2.05. The summed E-state index contributed by atoms with van der Waals surface area (Å²) >= 11 is 0. The van der Waals surface area contributed by atoms with E-state index in [9.17, 15) is 9.59 Å². The first-order valence-electron chi connectivity index (χ1n) is 4.50. The van der Waals surface area contributed by atoms with Crippen LogP contribution < -0.4 is 10.6 Å². The van der Waals surface area contributed by atoms with Gasteiger partial charge in [-0.25, -0.2) is 4.79 Å². The number of rotatable bonds is 4. The Balaban J connectivity index is 3.60. The summed E-state index contributed by atoms with van der Waals surface area (Å²) < 4.78 is 4.97. The Labute approximate surface area is 84.2 Å². The molecule has 1 atom stereocenters. The lowest BCUT2D eigenvalue weighted by molar-refractivity contribution is -0.109. The highest BCUT2D eigenvalue weighted by atomic mass is 16.6. The number of nitrogens with one attached hydrogen (secondary N) is 2. The van der Waals surface area contributed by atoms with Gasteiger partial charge in [0, 0.05) is 0 Å². The van der Waals surface area contributed by atoms with Crippen LogP contribution in [0.3, 0.4) is 0 Å². The molecule has 2 N–H and O–H groups in total. The molecule has 5 nitrogen and oxygen atoms in total. The number of hydrogen-bond donors (Lipinski definition) is 2. The second-order valence-electron chi connectivity index (χ2n) is 3.98. The SMILES string of the molecule is C[C@@H](C=O)NCNC(=O)OC(C)(C)C. The van der Waals surface area contributed by atoms with Crippen LogP contribution in [0.4, 0.5) is 4.79 Å². The van der Waals surface area contributed by atoms with E-state index in [0.29, 0.717) is 0 Å². The Bertz CT molecular complexity index is 199. The minimum Gasteiger partial charge on any atom is -0.444 e. The van der Waals surface area contributed by atoms with Crippen LogP contribution in [0, 0.1) is 0 Å². The van der Waals surface area contributed by atoms with E-state index < -0.39 is 11.7 Å². The van der Waals surface area contributed by atoms with Crippen molar-refractivity contribution in [3.63, 3.8) is 0 Å².